The third kappa shape index (κ3) is 3.73. The summed E-state index contributed by atoms with van der Waals surface area (Å²) in [7, 11) is -3.00. The molecule has 154 valence electrons. The summed E-state index contributed by atoms with van der Waals surface area (Å²) in [6, 6.07) is 10.0. The van der Waals surface area contributed by atoms with E-state index >= 15 is 0 Å². The van der Waals surface area contributed by atoms with Crippen LogP contribution >= 0.6 is 10.6 Å². The summed E-state index contributed by atoms with van der Waals surface area (Å²) in [6.45, 7) is 1.54. The molecule has 9 heteroatoms. The molecular formula is C20H19F3N2O3S. The molecule has 0 spiro atoms. The summed E-state index contributed by atoms with van der Waals surface area (Å²) in [5, 5.41) is 1.31. The summed E-state index contributed by atoms with van der Waals surface area (Å²) in [4.78, 5) is 16.8. The predicted octanol–water partition coefficient (Wildman–Crippen LogP) is 4.76. The van der Waals surface area contributed by atoms with Crippen molar-refractivity contribution in [3.63, 3.8) is 0 Å². The maximum Gasteiger partial charge on any atom is 0.416 e. The highest BCUT2D eigenvalue weighted by Crippen LogP contribution is 2.56. The molecule has 0 saturated carbocycles. The van der Waals surface area contributed by atoms with E-state index in [9.17, 15) is 27.1 Å². The van der Waals surface area contributed by atoms with E-state index in [4.69, 9.17) is 0 Å². The van der Waals surface area contributed by atoms with Gasteiger partial charge in [0.1, 0.15) is 0 Å². The number of nitrogens with zero attached hydrogens (tertiary/aromatic N) is 2. The molecule has 1 saturated heterocycles. The fourth-order valence-corrected chi connectivity index (χ4v) is 4.87. The standard InChI is InChI=1S/C20H19F3N2O3S/c21-20(22,23)14-3-1-4-15(13-14)24-8-10-25(11-9-24)19(26)17-5-2-6-18-16(17)7-12-29(18,27)28/h1-7,12-13,27-28H,8-11H2. The van der Waals surface area contributed by atoms with Gasteiger partial charge in [0.05, 0.1) is 10.5 Å². The van der Waals surface area contributed by atoms with E-state index in [0.717, 1.165) is 12.1 Å². The van der Waals surface area contributed by atoms with Crippen molar-refractivity contribution in [3.8, 4) is 0 Å². The first kappa shape index (κ1) is 19.8. The van der Waals surface area contributed by atoms with Crippen LogP contribution in [0.15, 0.2) is 52.8 Å². The van der Waals surface area contributed by atoms with Gasteiger partial charge in [-0.15, -0.1) is 10.6 Å². The van der Waals surface area contributed by atoms with Crippen molar-refractivity contribution in [2.24, 2.45) is 0 Å². The van der Waals surface area contributed by atoms with Crippen LogP contribution in [0.5, 0.6) is 0 Å². The Morgan fingerprint density at radius 2 is 1.69 bits per heavy atom. The number of carbonyl (C=O) groups excluding carboxylic acids is 1. The second-order valence-electron chi connectivity index (χ2n) is 6.94. The molecule has 1 fully saturated rings. The number of piperazine rings is 1. The van der Waals surface area contributed by atoms with Crippen LogP contribution in [0, 0.1) is 0 Å². The maximum absolute atomic E-state index is 13.0. The van der Waals surface area contributed by atoms with Crippen LogP contribution in [-0.4, -0.2) is 46.1 Å². The smallest absolute Gasteiger partial charge is 0.368 e. The molecule has 0 radical (unpaired) electrons. The first-order valence-corrected chi connectivity index (χ1v) is 10.6. The van der Waals surface area contributed by atoms with Gasteiger partial charge >= 0.3 is 6.18 Å². The highest BCUT2D eigenvalue weighted by Gasteiger charge is 2.32. The SMILES string of the molecule is O=C(c1cccc2c1C=CS2(O)O)N1CCN(c2cccc(C(F)(F)F)c2)CC1. The number of amides is 1. The molecule has 4 rings (SSSR count). The van der Waals surface area contributed by atoms with Crippen LogP contribution in [0.4, 0.5) is 18.9 Å². The van der Waals surface area contributed by atoms with Gasteiger partial charge in [-0.2, -0.15) is 13.2 Å². The van der Waals surface area contributed by atoms with Gasteiger partial charge in [0.25, 0.3) is 5.91 Å². The van der Waals surface area contributed by atoms with Crippen molar-refractivity contribution in [3.05, 3.63) is 64.6 Å². The molecule has 0 unspecified atom stereocenters. The second kappa shape index (κ2) is 7.08. The lowest BCUT2D eigenvalue weighted by Gasteiger charge is -2.36. The Hall–Kier alpha value is -2.49. The third-order valence-corrected chi connectivity index (χ3v) is 6.67. The van der Waals surface area contributed by atoms with Gasteiger partial charge in [-0.25, -0.2) is 0 Å². The fraction of sp³-hybridized carbons (Fsp3) is 0.250. The Bertz CT molecular complexity index is 983. The van der Waals surface area contributed by atoms with Gasteiger partial charge in [-0.3, -0.25) is 13.9 Å². The minimum absolute atomic E-state index is 0.229. The largest absolute Gasteiger partial charge is 0.416 e. The Morgan fingerprint density at radius 3 is 2.38 bits per heavy atom. The molecule has 2 aliphatic rings. The van der Waals surface area contributed by atoms with Gasteiger partial charge in [0.15, 0.2) is 0 Å². The minimum atomic E-state index is -4.40. The number of hydrogen-bond donors (Lipinski definition) is 2. The van der Waals surface area contributed by atoms with Gasteiger partial charge in [-0.1, -0.05) is 12.1 Å². The van der Waals surface area contributed by atoms with E-state index < -0.39 is 22.3 Å². The molecule has 0 aliphatic carbocycles. The third-order valence-electron chi connectivity index (χ3n) is 5.15. The summed E-state index contributed by atoms with van der Waals surface area (Å²) in [6.07, 6.45) is -2.84. The highest BCUT2D eigenvalue weighted by molar-refractivity contribution is 8.27. The molecule has 2 aromatic carbocycles. The van der Waals surface area contributed by atoms with Crippen molar-refractivity contribution >= 4 is 28.3 Å². The Labute approximate surface area is 167 Å². The number of rotatable bonds is 2. The summed E-state index contributed by atoms with van der Waals surface area (Å²) in [5.74, 6) is -0.229. The monoisotopic (exact) mass is 424 g/mol. The first-order chi connectivity index (χ1) is 13.7. The molecule has 1 amide bonds. The number of alkyl halides is 3. The first-order valence-electron chi connectivity index (χ1n) is 8.98. The number of halogens is 3. The van der Waals surface area contributed by atoms with Crippen LogP contribution in [0.25, 0.3) is 6.08 Å². The van der Waals surface area contributed by atoms with Gasteiger partial charge in [0, 0.05) is 48.4 Å². The zero-order valence-corrected chi connectivity index (χ0v) is 16.1. The maximum atomic E-state index is 13.0. The van der Waals surface area contributed by atoms with E-state index in [1.807, 2.05) is 4.90 Å². The molecule has 0 bridgehead atoms. The zero-order chi connectivity index (χ0) is 20.8. The number of anilines is 1. The van der Waals surface area contributed by atoms with Gasteiger partial charge in [-0.05, 0) is 36.4 Å². The molecule has 5 nitrogen and oxygen atoms in total. The summed E-state index contributed by atoms with van der Waals surface area (Å²) in [5.41, 5.74) is 0.685. The van der Waals surface area contributed by atoms with E-state index in [1.165, 1.54) is 11.5 Å². The number of hydrogen-bond acceptors (Lipinski definition) is 4. The van der Waals surface area contributed by atoms with E-state index in [2.05, 4.69) is 0 Å². The lowest BCUT2D eigenvalue weighted by atomic mass is 10.1. The molecule has 0 atom stereocenters. The molecule has 2 aliphatic heterocycles. The van der Waals surface area contributed by atoms with Crippen LogP contribution in [0.1, 0.15) is 21.5 Å². The normalized spacial score (nSPS) is 19.2. The Balaban J connectivity index is 1.48. The van der Waals surface area contributed by atoms with Crippen molar-refractivity contribution < 1.29 is 27.1 Å². The lowest BCUT2D eigenvalue weighted by molar-refractivity contribution is -0.137. The van der Waals surface area contributed by atoms with Crippen molar-refractivity contribution in [2.45, 2.75) is 11.1 Å². The summed E-state index contributed by atoms with van der Waals surface area (Å²) >= 11 is 0. The van der Waals surface area contributed by atoms with Crippen molar-refractivity contribution in [1.82, 2.24) is 4.90 Å². The molecule has 29 heavy (non-hydrogen) atoms. The molecule has 2 N–H and O–H groups in total. The van der Waals surface area contributed by atoms with Crippen molar-refractivity contribution in [1.29, 1.82) is 0 Å². The number of benzene rings is 2. The Morgan fingerprint density at radius 1 is 1.00 bits per heavy atom. The molecular weight excluding hydrogens is 405 g/mol. The van der Waals surface area contributed by atoms with Gasteiger partial charge in [0.2, 0.25) is 0 Å². The summed E-state index contributed by atoms with van der Waals surface area (Å²) < 4.78 is 58.9. The van der Waals surface area contributed by atoms with E-state index in [0.29, 0.717) is 47.9 Å². The number of fused-ring (bicyclic) bond motifs is 1. The average molecular weight is 424 g/mol. The van der Waals surface area contributed by atoms with Crippen LogP contribution in [0.2, 0.25) is 0 Å². The average Bonchev–Trinajstić information content (AvgIpc) is 3.02. The molecule has 2 aromatic rings. The van der Waals surface area contributed by atoms with E-state index in [-0.39, 0.29) is 5.91 Å². The van der Waals surface area contributed by atoms with Crippen molar-refractivity contribution in [2.75, 3.05) is 31.1 Å². The molecule has 0 aromatic heterocycles. The lowest BCUT2D eigenvalue weighted by Crippen LogP contribution is -2.49. The van der Waals surface area contributed by atoms with E-state index in [1.54, 1.807) is 35.2 Å². The minimum Gasteiger partial charge on any atom is -0.368 e. The second-order valence-corrected chi connectivity index (χ2v) is 8.84. The van der Waals surface area contributed by atoms with Gasteiger partial charge < -0.3 is 9.80 Å². The number of carbonyl (C=O) groups is 1. The van der Waals surface area contributed by atoms with Crippen LogP contribution in [0.3, 0.4) is 0 Å². The quantitative estimate of drug-likeness (QED) is 0.730. The highest BCUT2D eigenvalue weighted by atomic mass is 32.3. The predicted molar refractivity (Wildman–Crippen MR) is 106 cm³/mol. The zero-order valence-electron chi connectivity index (χ0n) is 15.3. The molecule has 2 heterocycles. The van der Waals surface area contributed by atoms with Crippen LogP contribution in [-0.2, 0) is 6.18 Å². The fourth-order valence-electron chi connectivity index (χ4n) is 3.62. The topological polar surface area (TPSA) is 64.0 Å². The van der Waals surface area contributed by atoms with Crippen LogP contribution < -0.4 is 4.90 Å². The Kier molecular flexibility index (Phi) is 4.84.